The predicted octanol–water partition coefficient (Wildman–Crippen LogP) is 4.83. The maximum atomic E-state index is 13.0. The molecule has 0 unspecified atom stereocenters. The van der Waals surface area contributed by atoms with Crippen molar-refractivity contribution in [1.29, 1.82) is 0 Å². The zero-order valence-electron chi connectivity index (χ0n) is 19.7. The lowest BCUT2D eigenvalue weighted by molar-refractivity contribution is -0.137. The highest BCUT2D eigenvalue weighted by Crippen LogP contribution is 2.34. The summed E-state index contributed by atoms with van der Waals surface area (Å²) in [4.78, 5) is 24.7. The van der Waals surface area contributed by atoms with Gasteiger partial charge in [-0.1, -0.05) is 35.9 Å². The number of carbonyl (C=O) groups is 1. The van der Waals surface area contributed by atoms with Gasteiger partial charge in [0, 0.05) is 37.7 Å². The highest BCUT2D eigenvalue weighted by atomic mass is 35.5. The molecular weight excluding hydrogens is 509 g/mol. The number of alkyl halides is 3. The van der Waals surface area contributed by atoms with Crippen LogP contribution in [-0.4, -0.2) is 44.4 Å². The summed E-state index contributed by atoms with van der Waals surface area (Å²) in [6.07, 6.45) is 4.10. The molecule has 3 aromatic heterocycles. The lowest BCUT2D eigenvalue weighted by atomic mass is 10.0. The van der Waals surface area contributed by atoms with Crippen molar-refractivity contribution in [2.45, 2.75) is 25.6 Å². The highest BCUT2D eigenvalue weighted by Gasteiger charge is 2.34. The molecular formula is C25H22ClF3N6O2. The van der Waals surface area contributed by atoms with Gasteiger partial charge in [0.05, 0.1) is 43.2 Å². The van der Waals surface area contributed by atoms with Crippen molar-refractivity contribution < 1.29 is 22.7 Å². The van der Waals surface area contributed by atoms with Gasteiger partial charge in [0.15, 0.2) is 0 Å². The van der Waals surface area contributed by atoms with Gasteiger partial charge in [-0.2, -0.15) is 18.3 Å². The van der Waals surface area contributed by atoms with Gasteiger partial charge in [0.25, 0.3) is 0 Å². The number of methoxy groups -OCH3 is 1. The second-order valence-electron chi connectivity index (χ2n) is 8.15. The third kappa shape index (κ3) is 7.11. The fourth-order valence-electron chi connectivity index (χ4n) is 3.50. The van der Waals surface area contributed by atoms with E-state index in [1.54, 1.807) is 42.5 Å². The minimum Gasteiger partial charge on any atom is -0.383 e. The van der Waals surface area contributed by atoms with E-state index in [4.69, 9.17) is 16.3 Å². The van der Waals surface area contributed by atoms with Gasteiger partial charge in [-0.25, -0.2) is 15.0 Å². The maximum absolute atomic E-state index is 13.0. The molecule has 1 amide bonds. The molecule has 0 spiro atoms. The van der Waals surface area contributed by atoms with Crippen molar-refractivity contribution in [3.05, 3.63) is 89.0 Å². The summed E-state index contributed by atoms with van der Waals surface area (Å²) < 4.78 is 45.8. The van der Waals surface area contributed by atoms with Crippen LogP contribution in [-0.2, 0) is 35.1 Å². The average molecular weight is 531 g/mol. The van der Waals surface area contributed by atoms with Gasteiger partial charge in [0.2, 0.25) is 5.91 Å². The summed E-state index contributed by atoms with van der Waals surface area (Å²) in [5, 5.41) is 6.03. The Hall–Kier alpha value is -3.83. The highest BCUT2D eigenvalue weighted by molar-refractivity contribution is 6.30. The number of nitrogens with zero attached hydrogens (tertiary/aromatic N) is 5. The van der Waals surface area contributed by atoms with Gasteiger partial charge >= 0.3 is 6.18 Å². The zero-order valence-corrected chi connectivity index (χ0v) is 20.4. The van der Waals surface area contributed by atoms with Crippen molar-refractivity contribution in [3.63, 3.8) is 0 Å². The maximum Gasteiger partial charge on any atom is 0.419 e. The molecule has 1 N–H and O–H groups in total. The first-order valence-electron chi connectivity index (χ1n) is 11.1. The van der Waals surface area contributed by atoms with Crippen LogP contribution in [0.1, 0.15) is 22.5 Å². The van der Waals surface area contributed by atoms with Gasteiger partial charge in [0.1, 0.15) is 11.0 Å². The molecule has 3 heterocycles. The van der Waals surface area contributed by atoms with Gasteiger partial charge < -0.3 is 10.1 Å². The second-order valence-corrected chi connectivity index (χ2v) is 8.51. The number of nitrogens with one attached hydrogen (secondary N) is 1. The third-order valence-electron chi connectivity index (χ3n) is 5.36. The first-order chi connectivity index (χ1) is 17.7. The van der Waals surface area contributed by atoms with E-state index in [-0.39, 0.29) is 12.1 Å². The van der Waals surface area contributed by atoms with E-state index in [9.17, 15) is 18.0 Å². The summed E-state index contributed by atoms with van der Waals surface area (Å²) in [6, 6.07) is 7.93. The van der Waals surface area contributed by atoms with E-state index >= 15 is 0 Å². The molecule has 1 aromatic carbocycles. The predicted molar refractivity (Wildman–Crippen MR) is 131 cm³/mol. The second kappa shape index (κ2) is 11.5. The summed E-state index contributed by atoms with van der Waals surface area (Å²) in [5.41, 5.74) is 2.15. The molecule has 0 fully saturated rings. The Kier molecular flexibility index (Phi) is 8.14. The topological polar surface area (TPSA) is 94.8 Å². The Labute approximate surface area is 215 Å². The SMILES string of the molecule is COCCn1cc(Cc2ncc(-c3ccc(CC(=O)Nc4cnc(Cl)c(C(F)(F)F)c4)cc3)cn2)cn1. The minimum absolute atomic E-state index is 0.0300. The summed E-state index contributed by atoms with van der Waals surface area (Å²) in [7, 11) is 1.64. The molecule has 0 aliphatic heterocycles. The zero-order chi connectivity index (χ0) is 26.4. The average Bonchev–Trinajstić information content (AvgIpc) is 3.31. The fourth-order valence-corrected chi connectivity index (χ4v) is 3.71. The fraction of sp³-hybridized carbons (Fsp3) is 0.240. The van der Waals surface area contributed by atoms with E-state index in [0.29, 0.717) is 31.0 Å². The number of ether oxygens (including phenoxy) is 1. The van der Waals surface area contributed by atoms with E-state index in [2.05, 4.69) is 25.4 Å². The van der Waals surface area contributed by atoms with Crippen LogP contribution < -0.4 is 5.32 Å². The van der Waals surface area contributed by atoms with E-state index < -0.39 is 22.8 Å². The van der Waals surface area contributed by atoms with Gasteiger partial charge in [-0.15, -0.1) is 0 Å². The quantitative estimate of drug-likeness (QED) is 0.312. The number of amides is 1. The third-order valence-corrected chi connectivity index (χ3v) is 5.66. The van der Waals surface area contributed by atoms with Crippen LogP contribution in [0, 0.1) is 0 Å². The Morgan fingerprint density at radius 1 is 1.03 bits per heavy atom. The monoisotopic (exact) mass is 530 g/mol. The Morgan fingerprint density at radius 3 is 2.43 bits per heavy atom. The summed E-state index contributed by atoms with van der Waals surface area (Å²) in [6.45, 7) is 1.25. The standard InChI is InChI=1S/C25H22ClF3N6O2/c1-37-7-6-35-15-17(11-33-35)8-22-30-12-19(13-31-22)18-4-2-16(3-5-18)9-23(36)34-20-10-21(25(27,28)29)24(26)32-14-20/h2-5,10-15H,6-9H2,1H3,(H,34,36). The molecule has 0 bridgehead atoms. The van der Waals surface area contributed by atoms with Crippen LogP contribution in [0.25, 0.3) is 11.1 Å². The van der Waals surface area contributed by atoms with Crippen molar-refractivity contribution in [2.24, 2.45) is 0 Å². The number of rotatable bonds is 9. The normalized spacial score (nSPS) is 11.5. The molecule has 37 heavy (non-hydrogen) atoms. The van der Waals surface area contributed by atoms with E-state index in [0.717, 1.165) is 29.0 Å². The Balaban J connectivity index is 1.34. The van der Waals surface area contributed by atoms with E-state index in [1.165, 1.54) is 0 Å². The van der Waals surface area contributed by atoms with Crippen LogP contribution in [0.4, 0.5) is 18.9 Å². The van der Waals surface area contributed by atoms with Crippen molar-refractivity contribution >= 4 is 23.2 Å². The Bertz CT molecular complexity index is 1360. The van der Waals surface area contributed by atoms with Crippen LogP contribution in [0.5, 0.6) is 0 Å². The smallest absolute Gasteiger partial charge is 0.383 e. The number of aromatic nitrogens is 5. The summed E-state index contributed by atoms with van der Waals surface area (Å²) in [5.74, 6) is 0.178. The molecule has 0 saturated carbocycles. The molecule has 0 radical (unpaired) electrons. The molecule has 4 rings (SSSR count). The van der Waals surface area contributed by atoms with Gasteiger partial charge in [-0.05, 0) is 22.8 Å². The number of anilines is 1. The molecule has 0 aliphatic carbocycles. The number of hydrogen-bond donors (Lipinski definition) is 1. The van der Waals surface area contributed by atoms with Crippen LogP contribution in [0.3, 0.4) is 0 Å². The molecule has 4 aromatic rings. The van der Waals surface area contributed by atoms with Crippen LogP contribution in [0.2, 0.25) is 5.15 Å². The molecule has 12 heteroatoms. The van der Waals surface area contributed by atoms with Crippen LogP contribution >= 0.6 is 11.6 Å². The molecule has 0 saturated heterocycles. The lowest BCUT2D eigenvalue weighted by Crippen LogP contribution is -2.16. The lowest BCUT2D eigenvalue weighted by Gasteiger charge is -2.11. The summed E-state index contributed by atoms with van der Waals surface area (Å²) >= 11 is 5.51. The number of carbonyl (C=O) groups excluding carboxylic acids is 1. The molecule has 8 nitrogen and oxygen atoms in total. The molecule has 0 atom stereocenters. The first kappa shape index (κ1) is 26.2. The number of hydrogen-bond acceptors (Lipinski definition) is 6. The minimum atomic E-state index is -4.67. The number of halogens is 4. The first-order valence-corrected chi connectivity index (χ1v) is 11.5. The van der Waals surface area contributed by atoms with Crippen molar-refractivity contribution in [3.8, 4) is 11.1 Å². The van der Waals surface area contributed by atoms with E-state index in [1.807, 2.05) is 18.3 Å². The largest absolute Gasteiger partial charge is 0.419 e. The van der Waals surface area contributed by atoms with Crippen molar-refractivity contribution in [1.82, 2.24) is 24.7 Å². The number of pyridine rings is 1. The van der Waals surface area contributed by atoms with Crippen LogP contribution in [0.15, 0.2) is 61.3 Å². The van der Waals surface area contributed by atoms with Crippen molar-refractivity contribution in [2.75, 3.05) is 19.0 Å². The van der Waals surface area contributed by atoms with Gasteiger partial charge in [-0.3, -0.25) is 9.48 Å². The molecule has 192 valence electrons. The number of benzene rings is 1. The Morgan fingerprint density at radius 2 is 1.76 bits per heavy atom. The molecule has 0 aliphatic rings.